The average molecular weight is 435 g/mol. The fourth-order valence-corrected chi connectivity index (χ4v) is 3.55. The normalized spacial score (nSPS) is 10.8. The Kier molecular flexibility index (Phi) is 7.11. The van der Waals surface area contributed by atoms with Gasteiger partial charge >= 0.3 is 0 Å². The van der Waals surface area contributed by atoms with Gasteiger partial charge in [0.2, 0.25) is 5.91 Å². The highest BCUT2D eigenvalue weighted by Gasteiger charge is 2.15. The van der Waals surface area contributed by atoms with Crippen LogP contribution in [0.1, 0.15) is 11.4 Å². The van der Waals surface area contributed by atoms with Crippen LogP contribution in [0.2, 0.25) is 5.02 Å². The number of amides is 1. The number of carbonyl (C=O) groups excluding carboxylic acids is 1. The second-order valence-electron chi connectivity index (χ2n) is 6.34. The molecule has 0 aliphatic carbocycles. The number of benzene rings is 2. The Morgan fingerprint density at radius 2 is 1.93 bits per heavy atom. The van der Waals surface area contributed by atoms with Crippen molar-refractivity contribution in [2.45, 2.75) is 18.3 Å². The Hall–Kier alpha value is -2.58. The molecule has 0 aliphatic rings. The molecule has 1 aromatic heterocycles. The van der Waals surface area contributed by atoms with Crippen LogP contribution < -0.4 is 4.74 Å². The number of thioether (sulfide) groups is 1. The van der Waals surface area contributed by atoms with Gasteiger partial charge in [0.25, 0.3) is 0 Å². The number of nitrogens with zero attached hydrogens (tertiary/aromatic N) is 4. The fraction of sp³-hybridized carbons (Fsp3) is 0.250. The van der Waals surface area contributed by atoms with Gasteiger partial charge < -0.3 is 14.2 Å². The molecule has 0 unspecified atom stereocenters. The fourth-order valence-electron chi connectivity index (χ4n) is 2.49. The van der Waals surface area contributed by atoms with E-state index in [1.54, 1.807) is 40.8 Å². The van der Waals surface area contributed by atoms with Gasteiger partial charge in [-0.1, -0.05) is 47.6 Å². The second kappa shape index (κ2) is 9.76. The van der Waals surface area contributed by atoms with Crippen molar-refractivity contribution in [3.05, 3.63) is 70.8 Å². The molecule has 0 atom stereocenters. The largest absolute Gasteiger partial charge is 0.484 e. The highest BCUT2D eigenvalue weighted by atomic mass is 35.5. The molecule has 0 saturated carbocycles. The summed E-state index contributed by atoms with van der Waals surface area (Å²) in [7, 11) is 3.53. The van der Waals surface area contributed by atoms with E-state index in [0.717, 1.165) is 5.56 Å². The molecule has 2 aromatic carbocycles. The number of halogens is 2. The van der Waals surface area contributed by atoms with Crippen molar-refractivity contribution in [1.82, 2.24) is 19.7 Å². The topological polar surface area (TPSA) is 60.3 Å². The van der Waals surface area contributed by atoms with E-state index in [1.165, 1.54) is 23.9 Å². The number of para-hydroxylation sites is 1. The summed E-state index contributed by atoms with van der Waals surface area (Å²) in [6.07, 6.45) is 0. The standard InChI is InChI=1S/C20H20ClFN4O2S/c1-25(11-14-7-9-15(22)10-8-14)19(27)13-29-20-24-23-18(26(20)2)12-28-17-6-4-3-5-16(17)21/h3-10H,11-13H2,1-2H3. The third-order valence-corrected chi connectivity index (χ3v) is 5.52. The minimum absolute atomic E-state index is 0.0591. The molecule has 3 rings (SSSR count). The van der Waals surface area contributed by atoms with Gasteiger partial charge in [-0.15, -0.1) is 10.2 Å². The van der Waals surface area contributed by atoms with E-state index in [0.29, 0.717) is 28.3 Å². The highest BCUT2D eigenvalue weighted by Crippen LogP contribution is 2.24. The van der Waals surface area contributed by atoms with E-state index in [9.17, 15) is 9.18 Å². The Morgan fingerprint density at radius 3 is 2.66 bits per heavy atom. The summed E-state index contributed by atoms with van der Waals surface area (Å²) < 4.78 is 20.5. The lowest BCUT2D eigenvalue weighted by Crippen LogP contribution is -2.27. The van der Waals surface area contributed by atoms with Crippen LogP contribution >= 0.6 is 23.4 Å². The Morgan fingerprint density at radius 1 is 1.21 bits per heavy atom. The first kappa shape index (κ1) is 21.1. The summed E-state index contributed by atoms with van der Waals surface area (Å²) in [5.41, 5.74) is 0.866. The molecule has 0 N–H and O–H groups in total. The zero-order chi connectivity index (χ0) is 20.8. The molecule has 0 aliphatic heterocycles. The maximum absolute atomic E-state index is 13.0. The summed E-state index contributed by atoms with van der Waals surface area (Å²) in [6, 6.07) is 13.3. The summed E-state index contributed by atoms with van der Waals surface area (Å²) in [4.78, 5) is 14.0. The maximum atomic E-state index is 13.0. The van der Waals surface area contributed by atoms with Crippen molar-refractivity contribution < 1.29 is 13.9 Å². The lowest BCUT2D eigenvalue weighted by Gasteiger charge is -2.17. The number of hydrogen-bond donors (Lipinski definition) is 0. The molecular formula is C20H20ClFN4O2S. The molecular weight excluding hydrogens is 415 g/mol. The summed E-state index contributed by atoms with van der Waals surface area (Å²) >= 11 is 7.38. The summed E-state index contributed by atoms with van der Waals surface area (Å²) in [5, 5.41) is 9.39. The van der Waals surface area contributed by atoms with Crippen molar-refractivity contribution in [3.63, 3.8) is 0 Å². The smallest absolute Gasteiger partial charge is 0.233 e. The second-order valence-corrected chi connectivity index (χ2v) is 7.69. The van der Waals surface area contributed by atoms with Crippen molar-refractivity contribution in [2.24, 2.45) is 7.05 Å². The Labute approximate surface area is 177 Å². The quantitative estimate of drug-likeness (QED) is 0.502. The average Bonchev–Trinajstić information content (AvgIpc) is 3.06. The Balaban J connectivity index is 1.52. The van der Waals surface area contributed by atoms with Gasteiger partial charge in [0, 0.05) is 20.6 Å². The SMILES string of the molecule is CN(Cc1ccc(F)cc1)C(=O)CSc1nnc(COc2ccccc2Cl)n1C. The minimum Gasteiger partial charge on any atom is -0.484 e. The molecule has 0 saturated heterocycles. The van der Waals surface area contributed by atoms with Gasteiger partial charge in [0.05, 0.1) is 10.8 Å². The van der Waals surface area contributed by atoms with Crippen LogP contribution in [0.15, 0.2) is 53.7 Å². The van der Waals surface area contributed by atoms with Gasteiger partial charge in [-0.05, 0) is 29.8 Å². The lowest BCUT2D eigenvalue weighted by molar-refractivity contribution is -0.127. The molecule has 152 valence electrons. The first-order valence-electron chi connectivity index (χ1n) is 8.81. The van der Waals surface area contributed by atoms with Crippen molar-refractivity contribution in [2.75, 3.05) is 12.8 Å². The lowest BCUT2D eigenvalue weighted by atomic mass is 10.2. The van der Waals surface area contributed by atoms with Gasteiger partial charge in [-0.25, -0.2) is 4.39 Å². The molecule has 9 heteroatoms. The number of rotatable bonds is 8. The highest BCUT2D eigenvalue weighted by molar-refractivity contribution is 7.99. The predicted molar refractivity (Wildman–Crippen MR) is 110 cm³/mol. The van der Waals surface area contributed by atoms with E-state index in [2.05, 4.69) is 10.2 Å². The molecule has 3 aromatic rings. The van der Waals surface area contributed by atoms with Crippen LogP contribution in [0.4, 0.5) is 4.39 Å². The van der Waals surface area contributed by atoms with E-state index >= 15 is 0 Å². The van der Waals surface area contributed by atoms with Crippen molar-refractivity contribution >= 4 is 29.3 Å². The number of aromatic nitrogens is 3. The zero-order valence-corrected chi connectivity index (χ0v) is 17.6. The summed E-state index contributed by atoms with van der Waals surface area (Å²) in [6.45, 7) is 0.627. The first-order valence-corrected chi connectivity index (χ1v) is 10.2. The van der Waals surface area contributed by atoms with E-state index < -0.39 is 0 Å². The van der Waals surface area contributed by atoms with Crippen LogP contribution in [0.25, 0.3) is 0 Å². The van der Waals surface area contributed by atoms with E-state index in [-0.39, 0.29) is 24.1 Å². The van der Waals surface area contributed by atoms with Crippen LogP contribution in [-0.4, -0.2) is 38.4 Å². The van der Waals surface area contributed by atoms with Crippen molar-refractivity contribution in [1.29, 1.82) is 0 Å². The van der Waals surface area contributed by atoms with Gasteiger partial charge in [-0.3, -0.25) is 4.79 Å². The molecule has 0 bridgehead atoms. The van der Waals surface area contributed by atoms with Crippen LogP contribution in [0, 0.1) is 5.82 Å². The van der Waals surface area contributed by atoms with Gasteiger partial charge in [0.1, 0.15) is 18.2 Å². The zero-order valence-electron chi connectivity index (χ0n) is 16.0. The number of ether oxygens (including phenoxy) is 1. The number of carbonyl (C=O) groups is 1. The molecule has 1 heterocycles. The molecule has 0 fully saturated rings. The molecule has 0 spiro atoms. The molecule has 0 radical (unpaired) electrons. The van der Waals surface area contributed by atoms with Gasteiger partial charge in [0.15, 0.2) is 11.0 Å². The molecule has 29 heavy (non-hydrogen) atoms. The van der Waals surface area contributed by atoms with E-state index in [4.69, 9.17) is 16.3 Å². The summed E-state index contributed by atoms with van der Waals surface area (Å²) in [5.74, 6) is 1.06. The van der Waals surface area contributed by atoms with Crippen molar-refractivity contribution in [3.8, 4) is 5.75 Å². The van der Waals surface area contributed by atoms with Crippen LogP contribution in [-0.2, 0) is 25.0 Å². The third kappa shape index (κ3) is 5.71. The van der Waals surface area contributed by atoms with Crippen LogP contribution in [0.3, 0.4) is 0 Å². The predicted octanol–water partition coefficient (Wildman–Crippen LogP) is 3.94. The van der Waals surface area contributed by atoms with Gasteiger partial charge in [-0.2, -0.15) is 0 Å². The monoisotopic (exact) mass is 434 g/mol. The number of hydrogen-bond acceptors (Lipinski definition) is 5. The maximum Gasteiger partial charge on any atom is 0.233 e. The molecule has 6 nitrogen and oxygen atoms in total. The Bertz CT molecular complexity index is 981. The molecule has 1 amide bonds. The first-order chi connectivity index (χ1) is 13.9. The minimum atomic E-state index is -0.296. The van der Waals surface area contributed by atoms with E-state index in [1.807, 2.05) is 19.2 Å². The van der Waals surface area contributed by atoms with Crippen LogP contribution in [0.5, 0.6) is 5.75 Å². The third-order valence-electron chi connectivity index (χ3n) is 4.20.